The Morgan fingerprint density at radius 1 is 1.47 bits per heavy atom. The lowest BCUT2D eigenvalue weighted by Gasteiger charge is -2.17. The van der Waals surface area contributed by atoms with Gasteiger partial charge in [-0.2, -0.15) is 0 Å². The Kier molecular flexibility index (Phi) is 4.87. The first kappa shape index (κ1) is 14.0. The number of benzene rings is 1. The zero-order valence-electron chi connectivity index (χ0n) is 11.0. The molecule has 0 radical (unpaired) electrons. The maximum atomic E-state index is 13.4. The van der Waals surface area contributed by atoms with Crippen LogP contribution in [0.1, 0.15) is 30.3 Å². The summed E-state index contributed by atoms with van der Waals surface area (Å²) < 4.78 is 19.1. The highest BCUT2D eigenvalue weighted by molar-refractivity contribution is 7.09. The van der Waals surface area contributed by atoms with Crippen molar-refractivity contribution in [1.29, 1.82) is 0 Å². The van der Waals surface area contributed by atoms with Crippen molar-refractivity contribution in [1.82, 2.24) is 10.3 Å². The molecule has 5 heteroatoms. The van der Waals surface area contributed by atoms with Crippen LogP contribution in [0.15, 0.2) is 29.9 Å². The monoisotopic (exact) mass is 280 g/mol. The minimum Gasteiger partial charge on any atom is -0.488 e. The van der Waals surface area contributed by atoms with Crippen molar-refractivity contribution in [2.75, 3.05) is 6.54 Å². The molecular weight excluding hydrogens is 263 g/mol. The van der Waals surface area contributed by atoms with Gasteiger partial charge in [0.05, 0.1) is 10.4 Å². The molecule has 0 fully saturated rings. The molecule has 1 aromatic carbocycles. The van der Waals surface area contributed by atoms with Gasteiger partial charge in [-0.1, -0.05) is 6.92 Å². The van der Waals surface area contributed by atoms with Gasteiger partial charge in [0.1, 0.15) is 18.2 Å². The minimum absolute atomic E-state index is 0.0529. The molecule has 19 heavy (non-hydrogen) atoms. The van der Waals surface area contributed by atoms with Gasteiger partial charge < -0.3 is 10.1 Å². The average molecular weight is 280 g/mol. The Balaban J connectivity index is 2.14. The van der Waals surface area contributed by atoms with E-state index in [1.807, 2.05) is 13.8 Å². The second kappa shape index (κ2) is 6.63. The average Bonchev–Trinajstić information content (AvgIpc) is 2.90. The highest BCUT2D eigenvalue weighted by atomic mass is 32.1. The fourth-order valence-corrected chi connectivity index (χ4v) is 2.37. The number of thiazole rings is 1. The lowest BCUT2D eigenvalue weighted by molar-refractivity contribution is 0.302. The number of aromatic nitrogens is 1. The number of hydrogen-bond donors (Lipinski definition) is 1. The molecule has 0 aliphatic carbocycles. The Hall–Kier alpha value is -1.46. The molecule has 2 aromatic rings. The fraction of sp³-hybridized carbons (Fsp3) is 0.357. The molecule has 0 saturated carbocycles. The van der Waals surface area contributed by atoms with Crippen molar-refractivity contribution in [2.45, 2.75) is 26.5 Å². The van der Waals surface area contributed by atoms with Crippen LogP contribution in [0.2, 0.25) is 0 Å². The van der Waals surface area contributed by atoms with Crippen LogP contribution in [-0.4, -0.2) is 11.5 Å². The van der Waals surface area contributed by atoms with Gasteiger partial charge in [0.25, 0.3) is 0 Å². The molecule has 0 saturated heterocycles. The van der Waals surface area contributed by atoms with Crippen LogP contribution >= 0.6 is 11.3 Å². The zero-order chi connectivity index (χ0) is 13.7. The number of halogens is 1. The summed E-state index contributed by atoms with van der Waals surface area (Å²) in [6, 6.07) is 4.68. The first-order chi connectivity index (χ1) is 9.20. The number of nitrogens with one attached hydrogen (secondary N) is 1. The number of ether oxygens (including phenoxy) is 1. The van der Waals surface area contributed by atoms with Gasteiger partial charge in [-0.15, -0.1) is 11.3 Å². The van der Waals surface area contributed by atoms with Crippen LogP contribution in [-0.2, 0) is 6.61 Å². The number of hydrogen-bond acceptors (Lipinski definition) is 4. The fourth-order valence-electron chi connectivity index (χ4n) is 1.87. The summed E-state index contributed by atoms with van der Waals surface area (Å²) in [6.07, 6.45) is 1.78. The maximum absolute atomic E-state index is 13.4. The van der Waals surface area contributed by atoms with Crippen LogP contribution in [0.3, 0.4) is 0 Å². The molecule has 0 aliphatic heterocycles. The normalized spacial score (nSPS) is 12.4. The van der Waals surface area contributed by atoms with E-state index in [4.69, 9.17) is 4.74 Å². The van der Waals surface area contributed by atoms with Crippen LogP contribution in [0.4, 0.5) is 4.39 Å². The first-order valence-corrected chi connectivity index (χ1v) is 7.11. The zero-order valence-corrected chi connectivity index (χ0v) is 11.8. The second-order valence-corrected chi connectivity index (χ2v) is 5.19. The van der Waals surface area contributed by atoms with Gasteiger partial charge in [0.15, 0.2) is 0 Å². The number of rotatable bonds is 6. The number of nitrogens with zero attached hydrogens (tertiary/aromatic N) is 1. The highest BCUT2D eigenvalue weighted by Gasteiger charge is 2.12. The Bertz CT molecular complexity index is 516. The van der Waals surface area contributed by atoms with Gasteiger partial charge in [-0.25, -0.2) is 4.39 Å². The Labute approximate surface area is 116 Å². The van der Waals surface area contributed by atoms with Crippen LogP contribution in [0, 0.1) is 5.82 Å². The molecule has 1 heterocycles. The quantitative estimate of drug-likeness (QED) is 0.879. The molecule has 2 rings (SSSR count). The molecule has 0 amide bonds. The molecule has 1 N–H and O–H groups in total. The van der Waals surface area contributed by atoms with Gasteiger partial charge in [0, 0.05) is 17.8 Å². The van der Waals surface area contributed by atoms with Crippen LogP contribution in [0.5, 0.6) is 5.75 Å². The van der Waals surface area contributed by atoms with Crippen molar-refractivity contribution in [3.8, 4) is 5.75 Å². The van der Waals surface area contributed by atoms with E-state index >= 15 is 0 Å². The molecule has 0 spiro atoms. The third-order valence-corrected chi connectivity index (χ3v) is 3.56. The lowest BCUT2D eigenvalue weighted by atomic mass is 10.1. The Morgan fingerprint density at radius 3 is 3.00 bits per heavy atom. The van der Waals surface area contributed by atoms with E-state index < -0.39 is 0 Å². The smallest absolute Gasteiger partial charge is 0.124 e. The third-order valence-electron chi connectivity index (χ3n) is 2.80. The van der Waals surface area contributed by atoms with Crippen molar-refractivity contribution < 1.29 is 9.13 Å². The maximum Gasteiger partial charge on any atom is 0.124 e. The van der Waals surface area contributed by atoms with Crippen molar-refractivity contribution in [2.24, 2.45) is 0 Å². The van der Waals surface area contributed by atoms with Gasteiger partial charge in [-0.3, -0.25) is 4.98 Å². The SMILES string of the molecule is CCNC(C)c1cc(F)ccc1OCc1cncs1. The summed E-state index contributed by atoms with van der Waals surface area (Å²) in [6.45, 7) is 5.31. The van der Waals surface area contributed by atoms with E-state index in [1.54, 1.807) is 29.1 Å². The summed E-state index contributed by atoms with van der Waals surface area (Å²) in [7, 11) is 0. The lowest BCUT2D eigenvalue weighted by Crippen LogP contribution is -2.18. The minimum atomic E-state index is -0.245. The molecule has 102 valence electrons. The first-order valence-electron chi connectivity index (χ1n) is 6.23. The molecule has 1 unspecified atom stereocenters. The third kappa shape index (κ3) is 3.75. The van der Waals surface area contributed by atoms with Crippen LogP contribution < -0.4 is 10.1 Å². The van der Waals surface area contributed by atoms with E-state index in [0.29, 0.717) is 12.4 Å². The molecule has 3 nitrogen and oxygen atoms in total. The molecule has 1 atom stereocenters. The van der Waals surface area contributed by atoms with E-state index in [1.165, 1.54) is 12.1 Å². The van der Waals surface area contributed by atoms with Gasteiger partial charge >= 0.3 is 0 Å². The predicted octanol–water partition coefficient (Wildman–Crippen LogP) is 3.53. The van der Waals surface area contributed by atoms with Gasteiger partial charge in [0.2, 0.25) is 0 Å². The van der Waals surface area contributed by atoms with E-state index in [0.717, 1.165) is 17.0 Å². The Morgan fingerprint density at radius 2 is 2.32 bits per heavy atom. The topological polar surface area (TPSA) is 34.1 Å². The highest BCUT2D eigenvalue weighted by Crippen LogP contribution is 2.27. The molecular formula is C14H17FN2OS. The van der Waals surface area contributed by atoms with Crippen LogP contribution in [0.25, 0.3) is 0 Å². The molecule has 1 aromatic heterocycles. The van der Waals surface area contributed by atoms with E-state index in [2.05, 4.69) is 10.3 Å². The van der Waals surface area contributed by atoms with E-state index in [9.17, 15) is 4.39 Å². The largest absolute Gasteiger partial charge is 0.488 e. The predicted molar refractivity (Wildman–Crippen MR) is 74.9 cm³/mol. The molecule has 0 bridgehead atoms. The van der Waals surface area contributed by atoms with Crippen molar-refractivity contribution in [3.63, 3.8) is 0 Å². The molecule has 0 aliphatic rings. The summed E-state index contributed by atoms with van der Waals surface area (Å²) in [5, 5.41) is 3.27. The van der Waals surface area contributed by atoms with Crippen molar-refractivity contribution in [3.05, 3.63) is 46.2 Å². The summed E-state index contributed by atoms with van der Waals surface area (Å²) in [5.41, 5.74) is 2.61. The summed E-state index contributed by atoms with van der Waals surface area (Å²) in [4.78, 5) is 5.05. The summed E-state index contributed by atoms with van der Waals surface area (Å²) >= 11 is 1.54. The van der Waals surface area contributed by atoms with E-state index in [-0.39, 0.29) is 11.9 Å². The standard InChI is InChI=1S/C14H17FN2OS/c1-3-17-10(2)13-6-11(15)4-5-14(13)18-8-12-7-16-9-19-12/h4-7,9-10,17H,3,8H2,1-2H3. The van der Waals surface area contributed by atoms with Gasteiger partial charge in [-0.05, 0) is 31.7 Å². The van der Waals surface area contributed by atoms with Crippen molar-refractivity contribution >= 4 is 11.3 Å². The second-order valence-electron chi connectivity index (χ2n) is 4.22. The summed E-state index contributed by atoms with van der Waals surface area (Å²) in [5.74, 6) is 0.466.